The molecule has 0 radical (unpaired) electrons. The molecule has 4 aromatic heterocycles. The minimum Gasteiger partial charge on any atom is -0.457 e. The van der Waals surface area contributed by atoms with E-state index in [0.717, 1.165) is 71.9 Å². The Kier molecular flexibility index (Phi) is 6.59. The Morgan fingerprint density at radius 2 is 1.47 bits per heavy atom. The van der Waals surface area contributed by atoms with Crippen molar-refractivity contribution in [2.75, 3.05) is 0 Å². The van der Waals surface area contributed by atoms with Gasteiger partial charge in [-0.1, -0.05) is 72.3 Å². The fraction of sp³-hybridized carbons (Fsp3) is 0.0952. The summed E-state index contributed by atoms with van der Waals surface area (Å²) in [6, 6.07) is 41.0. The number of imidazole rings is 1. The molecule has 0 saturated heterocycles. The fourth-order valence-electron chi connectivity index (χ4n) is 7.59. The topological polar surface area (TPSA) is 44.4 Å². The van der Waals surface area contributed by atoms with E-state index >= 15 is 4.39 Å². The first-order chi connectivity index (χ1) is 23.5. The molecule has 5 heterocycles. The summed E-state index contributed by atoms with van der Waals surface area (Å²) in [5.74, 6) is 1.71. The molecule has 5 aromatic carbocycles. The van der Waals surface area contributed by atoms with Crippen LogP contribution in [0, 0.1) is 12.1 Å². The standard InChI is InChI=1S/C42H27FN4O.Pt/c1-42(2)33-13-4-6-15-37(33)48-38-23-31-30-12-8-18-44-41(30)47(36(31)24-34(38)42)27-10-7-9-25(21-27)39(43)26-16-17-28-29-11-3-5-14-35(29)46-20-19-45-40(46)32(28)22-26;/h3-20,23-24,39H,1-2H3;/q-2;+2. The molecular weight excluding hydrogens is 791 g/mol. The number of rotatable bonds is 3. The van der Waals surface area contributed by atoms with Crippen molar-refractivity contribution in [1.29, 1.82) is 0 Å². The largest absolute Gasteiger partial charge is 2.00 e. The van der Waals surface area contributed by atoms with E-state index in [0.29, 0.717) is 16.8 Å². The summed E-state index contributed by atoms with van der Waals surface area (Å²) < 4.78 is 27.2. The van der Waals surface area contributed by atoms with E-state index in [2.05, 4.69) is 78.0 Å². The molecule has 9 aromatic rings. The van der Waals surface area contributed by atoms with E-state index in [4.69, 9.17) is 9.72 Å². The van der Waals surface area contributed by atoms with Crippen LogP contribution in [0.2, 0.25) is 0 Å². The SMILES string of the molecule is CC1(C)c2ccccc2Oc2cc3c4cccnc4n(-c4[c-]c(C(F)c5[c-]c6c(cc5)c5ccccc5n5ccnc65)ccc4)c3cc21.[Pt+2]. The molecule has 7 heteroatoms. The van der Waals surface area contributed by atoms with Crippen LogP contribution >= 0.6 is 0 Å². The number of halogens is 1. The summed E-state index contributed by atoms with van der Waals surface area (Å²) in [6.45, 7) is 4.45. The maximum atomic E-state index is 16.6. The quantitative estimate of drug-likeness (QED) is 0.132. The molecule has 1 atom stereocenters. The van der Waals surface area contributed by atoms with Crippen LogP contribution < -0.4 is 4.74 Å². The van der Waals surface area contributed by atoms with Gasteiger partial charge in [-0.25, -0.2) is 9.37 Å². The summed E-state index contributed by atoms with van der Waals surface area (Å²) >= 11 is 0. The Balaban J connectivity index is 0.00000325. The van der Waals surface area contributed by atoms with Gasteiger partial charge < -0.3 is 13.7 Å². The number of aromatic nitrogens is 4. The third-order valence-corrected chi connectivity index (χ3v) is 9.96. The average Bonchev–Trinajstić information content (AvgIpc) is 3.75. The molecule has 0 aliphatic carbocycles. The van der Waals surface area contributed by atoms with Gasteiger partial charge in [0.2, 0.25) is 0 Å². The second kappa shape index (κ2) is 10.8. The van der Waals surface area contributed by atoms with Crippen molar-refractivity contribution in [3.05, 3.63) is 156 Å². The minimum atomic E-state index is -1.45. The Bertz CT molecular complexity index is 2780. The number of nitrogens with zero attached hydrogens (tertiary/aromatic N) is 4. The molecule has 1 aliphatic rings. The van der Waals surface area contributed by atoms with Crippen molar-refractivity contribution in [1.82, 2.24) is 18.9 Å². The van der Waals surface area contributed by atoms with E-state index in [1.807, 2.05) is 65.2 Å². The zero-order chi connectivity index (χ0) is 32.1. The van der Waals surface area contributed by atoms with Crippen LogP contribution in [0.4, 0.5) is 4.39 Å². The molecule has 5 nitrogen and oxygen atoms in total. The van der Waals surface area contributed by atoms with Gasteiger partial charge in [0.1, 0.15) is 23.3 Å². The molecule has 0 N–H and O–H groups in total. The van der Waals surface area contributed by atoms with Crippen molar-refractivity contribution in [2.24, 2.45) is 0 Å². The minimum absolute atomic E-state index is 0. The van der Waals surface area contributed by atoms with Gasteiger partial charge in [-0.15, -0.1) is 29.8 Å². The second-order valence-electron chi connectivity index (χ2n) is 13.0. The number of fused-ring (bicyclic) bond motifs is 11. The normalized spacial score (nSPS) is 14.1. The first-order valence-corrected chi connectivity index (χ1v) is 16.0. The second-order valence-corrected chi connectivity index (χ2v) is 13.0. The fourth-order valence-corrected chi connectivity index (χ4v) is 7.59. The van der Waals surface area contributed by atoms with E-state index < -0.39 is 6.17 Å². The Labute approximate surface area is 295 Å². The van der Waals surface area contributed by atoms with Crippen LogP contribution in [-0.2, 0) is 26.5 Å². The maximum absolute atomic E-state index is 16.6. The molecule has 49 heavy (non-hydrogen) atoms. The Morgan fingerprint density at radius 1 is 0.673 bits per heavy atom. The van der Waals surface area contributed by atoms with Crippen molar-refractivity contribution >= 4 is 49.3 Å². The number of hydrogen-bond donors (Lipinski definition) is 0. The first-order valence-electron chi connectivity index (χ1n) is 16.0. The molecule has 10 rings (SSSR count). The summed E-state index contributed by atoms with van der Waals surface area (Å²) in [6.07, 6.45) is 4.05. The van der Waals surface area contributed by atoms with Gasteiger partial charge in [0.15, 0.2) is 0 Å². The molecule has 0 spiro atoms. The van der Waals surface area contributed by atoms with Gasteiger partial charge in [0.25, 0.3) is 0 Å². The van der Waals surface area contributed by atoms with E-state index in [1.54, 1.807) is 18.5 Å². The molecule has 0 bridgehead atoms. The van der Waals surface area contributed by atoms with Crippen molar-refractivity contribution in [3.8, 4) is 17.2 Å². The number of ether oxygens (including phenoxy) is 1. The number of para-hydroxylation sites is 2. The third kappa shape index (κ3) is 4.27. The zero-order valence-electron chi connectivity index (χ0n) is 26.5. The summed E-state index contributed by atoms with van der Waals surface area (Å²) in [5.41, 5.74) is 7.05. The number of alkyl halides is 1. The number of benzene rings is 5. The van der Waals surface area contributed by atoms with Gasteiger partial charge >= 0.3 is 21.1 Å². The van der Waals surface area contributed by atoms with Crippen LogP contribution in [0.1, 0.15) is 42.3 Å². The van der Waals surface area contributed by atoms with Crippen LogP contribution in [-0.4, -0.2) is 18.9 Å². The van der Waals surface area contributed by atoms with Gasteiger partial charge in [-0.2, -0.15) is 18.2 Å². The molecule has 0 amide bonds. The zero-order valence-corrected chi connectivity index (χ0v) is 28.8. The third-order valence-electron chi connectivity index (χ3n) is 9.96. The summed E-state index contributed by atoms with van der Waals surface area (Å²) in [5, 5.41) is 4.86. The van der Waals surface area contributed by atoms with Crippen molar-refractivity contribution < 1.29 is 30.2 Å². The number of hydrogen-bond acceptors (Lipinski definition) is 3. The smallest absolute Gasteiger partial charge is 0.457 e. The first kappa shape index (κ1) is 29.8. The van der Waals surface area contributed by atoms with Gasteiger partial charge in [0.05, 0.1) is 11.2 Å². The van der Waals surface area contributed by atoms with E-state index in [-0.39, 0.29) is 26.5 Å². The molecule has 1 unspecified atom stereocenters. The molecule has 238 valence electrons. The van der Waals surface area contributed by atoms with Crippen molar-refractivity contribution in [3.63, 3.8) is 0 Å². The number of pyridine rings is 2. The van der Waals surface area contributed by atoms with Crippen LogP contribution in [0.15, 0.2) is 122 Å². The summed E-state index contributed by atoms with van der Waals surface area (Å²) in [7, 11) is 0. The Morgan fingerprint density at radius 3 is 2.39 bits per heavy atom. The van der Waals surface area contributed by atoms with E-state index in [1.165, 1.54) is 0 Å². The maximum Gasteiger partial charge on any atom is 2.00 e. The molecular formula is C42H27FN4OPt. The molecule has 0 saturated carbocycles. The van der Waals surface area contributed by atoms with Gasteiger partial charge in [-0.05, 0) is 41.8 Å². The van der Waals surface area contributed by atoms with Gasteiger partial charge in [-0.3, -0.25) is 4.98 Å². The molecule has 1 aliphatic heterocycles. The van der Waals surface area contributed by atoms with Crippen LogP contribution in [0.5, 0.6) is 11.5 Å². The average molecular weight is 818 g/mol. The summed E-state index contributed by atoms with van der Waals surface area (Å²) in [4.78, 5) is 9.42. The van der Waals surface area contributed by atoms with Crippen molar-refractivity contribution in [2.45, 2.75) is 25.4 Å². The molecule has 0 fully saturated rings. The predicted octanol–water partition coefficient (Wildman–Crippen LogP) is 10.2. The van der Waals surface area contributed by atoms with Crippen LogP contribution in [0.3, 0.4) is 0 Å². The Hall–Kier alpha value is -5.32. The van der Waals surface area contributed by atoms with E-state index in [9.17, 15) is 0 Å². The van der Waals surface area contributed by atoms with Crippen LogP contribution in [0.25, 0.3) is 54.9 Å². The van der Waals surface area contributed by atoms with Gasteiger partial charge in [0, 0.05) is 51.4 Å². The predicted molar refractivity (Wildman–Crippen MR) is 188 cm³/mol. The monoisotopic (exact) mass is 817 g/mol.